The minimum absolute atomic E-state index is 0.122. The summed E-state index contributed by atoms with van der Waals surface area (Å²) in [7, 11) is 0. The molecule has 1 aromatic heterocycles. The quantitative estimate of drug-likeness (QED) is 0.472. The predicted molar refractivity (Wildman–Crippen MR) is 81.6 cm³/mol. The van der Waals surface area contributed by atoms with Crippen molar-refractivity contribution in [2.45, 2.75) is 5.38 Å². The van der Waals surface area contributed by atoms with Crippen molar-refractivity contribution in [2.24, 2.45) is 0 Å². The van der Waals surface area contributed by atoms with Gasteiger partial charge in [-0.15, -0.1) is 22.9 Å². The van der Waals surface area contributed by atoms with E-state index in [-0.39, 0.29) is 5.38 Å². The van der Waals surface area contributed by atoms with Crippen LogP contribution in [0.1, 0.15) is 15.8 Å². The summed E-state index contributed by atoms with van der Waals surface area (Å²) in [6, 6.07) is 10.1. The van der Waals surface area contributed by atoms with Gasteiger partial charge in [0, 0.05) is 13.8 Å². The summed E-state index contributed by atoms with van der Waals surface area (Å²) in [4.78, 5) is 1.12. The van der Waals surface area contributed by atoms with Crippen molar-refractivity contribution in [3.8, 4) is 0 Å². The van der Waals surface area contributed by atoms with Gasteiger partial charge in [0.1, 0.15) is 0 Å². The fourth-order valence-corrected chi connectivity index (χ4v) is 4.44. The molecule has 5 heteroatoms. The first-order valence-corrected chi connectivity index (χ1v) is 8.06. The van der Waals surface area contributed by atoms with Crippen molar-refractivity contribution in [3.05, 3.63) is 53.5 Å². The maximum atomic E-state index is 6.46. The highest BCUT2D eigenvalue weighted by Gasteiger charge is 2.17. The molecule has 0 N–H and O–H groups in total. The number of thiophene rings is 1. The molecule has 1 unspecified atom stereocenters. The Kier molecular flexibility index (Phi) is 4.52. The molecule has 2 aromatic rings. The van der Waals surface area contributed by atoms with E-state index in [9.17, 15) is 0 Å². The van der Waals surface area contributed by atoms with Gasteiger partial charge in [-0.1, -0.05) is 34.1 Å². The van der Waals surface area contributed by atoms with Crippen molar-refractivity contribution in [2.75, 3.05) is 0 Å². The number of hydrogen-bond acceptors (Lipinski definition) is 1. The molecule has 84 valence electrons. The molecule has 1 atom stereocenters. The zero-order valence-corrected chi connectivity index (χ0v) is 14.2. The Morgan fingerprint density at radius 3 is 2.31 bits per heavy atom. The van der Waals surface area contributed by atoms with Crippen molar-refractivity contribution in [1.29, 1.82) is 0 Å². The molecule has 0 saturated carbocycles. The van der Waals surface area contributed by atoms with Crippen molar-refractivity contribution in [1.82, 2.24) is 0 Å². The third-order valence-corrected chi connectivity index (χ3v) is 6.74. The first kappa shape index (κ1) is 13.1. The highest BCUT2D eigenvalue weighted by Crippen LogP contribution is 2.41. The third-order valence-electron chi connectivity index (χ3n) is 2.09. The van der Waals surface area contributed by atoms with E-state index in [2.05, 4.69) is 47.8 Å². The molecule has 0 aliphatic heterocycles. The standard InChI is InChI=1S/C11H6Br3ClS/c12-7-4-2-1-3-6(7)10(15)9-5-8(13)11(14)16-9/h1-5,10H. The van der Waals surface area contributed by atoms with Gasteiger partial charge in [0.05, 0.1) is 9.16 Å². The van der Waals surface area contributed by atoms with E-state index in [4.69, 9.17) is 11.6 Å². The summed E-state index contributed by atoms with van der Waals surface area (Å²) in [6.45, 7) is 0. The van der Waals surface area contributed by atoms with E-state index >= 15 is 0 Å². The molecule has 0 fully saturated rings. The zero-order valence-electron chi connectivity index (χ0n) is 7.88. The number of hydrogen-bond donors (Lipinski definition) is 0. The molecule has 0 aliphatic carbocycles. The second-order valence-electron chi connectivity index (χ2n) is 3.15. The van der Waals surface area contributed by atoms with Crippen LogP contribution in [0.3, 0.4) is 0 Å². The average Bonchev–Trinajstić information content (AvgIpc) is 2.59. The topological polar surface area (TPSA) is 0 Å². The van der Waals surface area contributed by atoms with Crippen LogP contribution in [0.15, 0.2) is 43.1 Å². The minimum atomic E-state index is -0.122. The zero-order chi connectivity index (χ0) is 11.7. The smallest absolute Gasteiger partial charge is 0.0939 e. The van der Waals surface area contributed by atoms with Crippen molar-refractivity contribution >= 4 is 70.7 Å². The number of halogens is 4. The van der Waals surface area contributed by atoms with E-state index in [0.717, 1.165) is 23.2 Å². The fourth-order valence-electron chi connectivity index (χ4n) is 1.32. The van der Waals surface area contributed by atoms with Gasteiger partial charge in [-0.2, -0.15) is 0 Å². The van der Waals surface area contributed by atoms with Crippen LogP contribution in [0.25, 0.3) is 0 Å². The largest absolute Gasteiger partial charge is 0.130 e. The monoisotopic (exact) mass is 442 g/mol. The lowest BCUT2D eigenvalue weighted by atomic mass is 10.1. The summed E-state index contributed by atoms with van der Waals surface area (Å²) in [5, 5.41) is -0.122. The maximum Gasteiger partial charge on any atom is 0.0939 e. The van der Waals surface area contributed by atoms with Gasteiger partial charge in [0.25, 0.3) is 0 Å². The fraction of sp³-hybridized carbons (Fsp3) is 0.0909. The molecule has 2 rings (SSSR count). The van der Waals surface area contributed by atoms with E-state index in [1.807, 2.05) is 30.3 Å². The Bertz CT molecular complexity index is 490. The predicted octanol–water partition coefficient (Wildman–Crippen LogP) is 6.36. The first-order chi connectivity index (χ1) is 7.59. The molecule has 0 amide bonds. The van der Waals surface area contributed by atoms with E-state index in [1.165, 1.54) is 0 Å². The molecule has 0 nitrogen and oxygen atoms in total. The highest BCUT2D eigenvalue weighted by atomic mass is 79.9. The first-order valence-electron chi connectivity index (χ1n) is 4.43. The van der Waals surface area contributed by atoms with Crippen LogP contribution < -0.4 is 0 Å². The second kappa shape index (κ2) is 5.53. The molecule has 0 radical (unpaired) electrons. The van der Waals surface area contributed by atoms with E-state index in [0.29, 0.717) is 0 Å². The van der Waals surface area contributed by atoms with Gasteiger partial charge < -0.3 is 0 Å². The molecule has 1 heterocycles. The number of alkyl halides is 1. The molecule has 0 aliphatic rings. The molecule has 1 aromatic carbocycles. The van der Waals surface area contributed by atoms with Crippen molar-refractivity contribution in [3.63, 3.8) is 0 Å². The Balaban J connectivity index is 2.39. The highest BCUT2D eigenvalue weighted by molar-refractivity contribution is 9.13. The summed E-state index contributed by atoms with van der Waals surface area (Å²) in [5.74, 6) is 0. The maximum absolute atomic E-state index is 6.46. The van der Waals surface area contributed by atoms with Crippen LogP contribution in [0.5, 0.6) is 0 Å². The number of benzene rings is 1. The molecule has 0 saturated heterocycles. The number of rotatable bonds is 2. The Hall–Kier alpha value is 0.650. The van der Waals surface area contributed by atoms with Crippen LogP contribution in [-0.2, 0) is 0 Å². The van der Waals surface area contributed by atoms with Gasteiger partial charge in [0.2, 0.25) is 0 Å². The lowest BCUT2D eigenvalue weighted by Crippen LogP contribution is -1.90. The lowest BCUT2D eigenvalue weighted by molar-refractivity contribution is 1.17. The minimum Gasteiger partial charge on any atom is -0.130 e. The van der Waals surface area contributed by atoms with Gasteiger partial charge in [-0.3, -0.25) is 0 Å². The van der Waals surface area contributed by atoms with Crippen LogP contribution in [0.4, 0.5) is 0 Å². The van der Waals surface area contributed by atoms with Crippen LogP contribution in [0.2, 0.25) is 0 Å². The second-order valence-corrected chi connectivity index (χ2v) is 7.70. The van der Waals surface area contributed by atoms with Crippen LogP contribution >= 0.6 is 70.7 Å². The van der Waals surface area contributed by atoms with E-state index < -0.39 is 0 Å². The van der Waals surface area contributed by atoms with Crippen molar-refractivity contribution < 1.29 is 0 Å². The average molecular weight is 445 g/mol. The summed E-state index contributed by atoms with van der Waals surface area (Å²) >= 11 is 18.6. The van der Waals surface area contributed by atoms with Gasteiger partial charge in [-0.25, -0.2) is 0 Å². The SMILES string of the molecule is ClC(c1cc(Br)c(Br)s1)c1ccccc1Br. The Morgan fingerprint density at radius 2 is 1.75 bits per heavy atom. The molecular weight excluding hydrogens is 439 g/mol. The summed E-state index contributed by atoms with van der Waals surface area (Å²) < 4.78 is 3.15. The van der Waals surface area contributed by atoms with Crippen LogP contribution in [-0.4, -0.2) is 0 Å². The lowest BCUT2D eigenvalue weighted by Gasteiger charge is -2.09. The Morgan fingerprint density at radius 1 is 1.06 bits per heavy atom. The Labute approximate surface area is 128 Å². The summed E-state index contributed by atoms with van der Waals surface area (Å²) in [6.07, 6.45) is 0. The van der Waals surface area contributed by atoms with Gasteiger partial charge in [0.15, 0.2) is 0 Å². The molecule has 0 spiro atoms. The third kappa shape index (κ3) is 2.72. The molecule has 0 bridgehead atoms. The van der Waals surface area contributed by atoms with E-state index in [1.54, 1.807) is 11.3 Å². The summed E-state index contributed by atoms with van der Waals surface area (Å²) in [5.41, 5.74) is 1.09. The van der Waals surface area contributed by atoms with Crippen LogP contribution in [0, 0.1) is 0 Å². The van der Waals surface area contributed by atoms with Gasteiger partial charge >= 0.3 is 0 Å². The molecule has 16 heavy (non-hydrogen) atoms. The normalized spacial score (nSPS) is 12.8. The molecular formula is C11H6Br3ClS. The van der Waals surface area contributed by atoms with Gasteiger partial charge in [-0.05, 0) is 49.6 Å².